The molecule has 2 N–H and O–H groups in total. The number of hydrogen-bond donors (Lipinski definition) is 2. The molecule has 0 fully saturated rings. The van der Waals surface area contributed by atoms with Crippen LogP contribution in [0.2, 0.25) is 0 Å². The van der Waals surface area contributed by atoms with Gasteiger partial charge in [0, 0.05) is 25.3 Å². The molecule has 4 heteroatoms. The molecule has 2 atom stereocenters. The molecule has 1 heterocycles. The van der Waals surface area contributed by atoms with Gasteiger partial charge in [0.1, 0.15) is 17.1 Å². The van der Waals surface area contributed by atoms with Crippen molar-refractivity contribution in [3.05, 3.63) is 23.2 Å². The second-order valence-electron chi connectivity index (χ2n) is 5.79. The van der Waals surface area contributed by atoms with Gasteiger partial charge in [0.15, 0.2) is 0 Å². The number of rotatable bonds is 7. The molecule has 0 saturated heterocycles. The predicted molar refractivity (Wildman–Crippen MR) is 76.3 cm³/mol. The van der Waals surface area contributed by atoms with Gasteiger partial charge in [-0.1, -0.05) is 13.8 Å². The standard InChI is InChI=1S/C15H27NO3/c1-10(2)14(8-18-6)16-9-15(5,17)13-7-11(3)19-12(13)4/h7,10,14,16-17H,8-9H2,1-6H3. The lowest BCUT2D eigenvalue weighted by Crippen LogP contribution is -2.45. The number of methoxy groups -OCH3 is 1. The summed E-state index contributed by atoms with van der Waals surface area (Å²) in [5, 5.41) is 14.0. The molecular formula is C15H27NO3. The lowest BCUT2D eigenvalue weighted by molar-refractivity contribution is 0.0440. The van der Waals surface area contributed by atoms with Gasteiger partial charge in [-0.25, -0.2) is 0 Å². The third-order valence-electron chi connectivity index (χ3n) is 3.48. The summed E-state index contributed by atoms with van der Waals surface area (Å²) >= 11 is 0. The van der Waals surface area contributed by atoms with Gasteiger partial charge in [-0.05, 0) is 32.8 Å². The Hall–Kier alpha value is -0.840. The first-order valence-corrected chi connectivity index (χ1v) is 6.80. The summed E-state index contributed by atoms with van der Waals surface area (Å²) in [4.78, 5) is 0. The van der Waals surface area contributed by atoms with Crippen molar-refractivity contribution in [2.24, 2.45) is 5.92 Å². The highest BCUT2D eigenvalue weighted by molar-refractivity contribution is 5.26. The maximum absolute atomic E-state index is 10.6. The zero-order valence-corrected chi connectivity index (χ0v) is 12.9. The molecule has 0 saturated carbocycles. The van der Waals surface area contributed by atoms with Gasteiger partial charge in [-0.2, -0.15) is 0 Å². The average Bonchev–Trinajstić information content (AvgIpc) is 2.64. The van der Waals surface area contributed by atoms with Gasteiger partial charge >= 0.3 is 0 Å². The summed E-state index contributed by atoms with van der Waals surface area (Å²) in [6, 6.07) is 2.13. The Morgan fingerprint density at radius 2 is 2.05 bits per heavy atom. The number of furan rings is 1. The SMILES string of the molecule is COCC(NCC(C)(O)c1cc(C)oc1C)C(C)C. The minimum atomic E-state index is -0.942. The van der Waals surface area contributed by atoms with Crippen molar-refractivity contribution in [3.8, 4) is 0 Å². The molecule has 1 aromatic rings. The molecule has 0 amide bonds. The molecule has 0 aromatic carbocycles. The molecule has 0 aliphatic rings. The zero-order chi connectivity index (χ0) is 14.6. The van der Waals surface area contributed by atoms with Gasteiger partial charge < -0.3 is 19.6 Å². The van der Waals surface area contributed by atoms with Crippen LogP contribution in [0.1, 0.15) is 37.9 Å². The van der Waals surface area contributed by atoms with Crippen LogP contribution >= 0.6 is 0 Å². The number of ether oxygens (including phenoxy) is 1. The van der Waals surface area contributed by atoms with E-state index in [4.69, 9.17) is 9.15 Å². The van der Waals surface area contributed by atoms with Crippen LogP contribution in [0.4, 0.5) is 0 Å². The molecule has 1 aromatic heterocycles. The normalized spacial score (nSPS) is 16.6. The Kier molecular flexibility index (Phi) is 5.59. The molecule has 0 aliphatic carbocycles. The van der Waals surface area contributed by atoms with Crippen LogP contribution < -0.4 is 5.32 Å². The molecule has 0 radical (unpaired) electrons. The van der Waals surface area contributed by atoms with E-state index >= 15 is 0 Å². The Balaban J connectivity index is 2.71. The average molecular weight is 269 g/mol. The van der Waals surface area contributed by atoms with E-state index in [0.29, 0.717) is 19.1 Å². The highest BCUT2D eigenvalue weighted by Crippen LogP contribution is 2.26. The smallest absolute Gasteiger partial charge is 0.107 e. The molecular weight excluding hydrogens is 242 g/mol. The van der Waals surface area contributed by atoms with Crippen LogP contribution in [0.25, 0.3) is 0 Å². The van der Waals surface area contributed by atoms with E-state index in [0.717, 1.165) is 17.1 Å². The summed E-state index contributed by atoms with van der Waals surface area (Å²) < 4.78 is 10.7. The molecule has 4 nitrogen and oxygen atoms in total. The second kappa shape index (κ2) is 6.55. The fourth-order valence-electron chi connectivity index (χ4n) is 2.26. The highest BCUT2D eigenvalue weighted by Gasteiger charge is 2.28. The predicted octanol–water partition coefficient (Wildman–Crippen LogP) is 2.36. The van der Waals surface area contributed by atoms with Gasteiger partial charge in [0.05, 0.1) is 6.61 Å². The van der Waals surface area contributed by atoms with Crippen molar-refractivity contribution in [1.29, 1.82) is 0 Å². The Morgan fingerprint density at radius 3 is 2.47 bits per heavy atom. The first-order valence-electron chi connectivity index (χ1n) is 6.80. The van der Waals surface area contributed by atoms with Crippen molar-refractivity contribution in [2.75, 3.05) is 20.3 Å². The molecule has 110 valence electrons. The fraction of sp³-hybridized carbons (Fsp3) is 0.733. The highest BCUT2D eigenvalue weighted by atomic mass is 16.5. The van der Waals surface area contributed by atoms with Crippen LogP contribution in [-0.2, 0) is 10.3 Å². The van der Waals surface area contributed by atoms with Gasteiger partial charge in [0.2, 0.25) is 0 Å². The van der Waals surface area contributed by atoms with Crippen LogP contribution in [0, 0.1) is 19.8 Å². The summed E-state index contributed by atoms with van der Waals surface area (Å²) in [7, 11) is 1.69. The Morgan fingerprint density at radius 1 is 1.42 bits per heavy atom. The third kappa shape index (κ3) is 4.34. The first-order chi connectivity index (χ1) is 8.77. The molecule has 0 spiro atoms. The molecule has 0 aliphatic heterocycles. The molecule has 2 unspecified atom stereocenters. The van der Waals surface area contributed by atoms with Crippen LogP contribution in [0.3, 0.4) is 0 Å². The monoisotopic (exact) mass is 269 g/mol. The van der Waals surface area contributed by atoms with Crippen molar-refractivity contribution >= 4 is 0 Å². The van der Waals surface area contributed by atoms with E-state index in [1.807, 2.05) is 26.8 Å². The summed E-state index contributed by atoms with van der Waals surface area (Å²) in [5.74, 6) is 2.05. The van der Waals surface area contributed by atoms with E-state index in [1.165, 1.54) is 0 Å². The van der Waals surface area contributed by atoms with Crippen LogP contribution in [0.15, 0.2) is 10.5 Å². The van der Waals surface area contributed by atoms with Crippen molar-refractivity contribution in [3.63, 3.8) is 0 Å². The van der Waals surface area contributed by atoms with E-state index in [9.17, 15) is 5.11 Å². The van der Waals surface area contributed by atoms with Crippen molar-refractivity contribution < 1.29 is 14.3 Å². The fourth-order valence-corrected chi connectivity index (χ4v) is 2.26. The minimum absolute atomic E-state index is 0.227. The van der Waals surface area contributed by atoms with Gasteiger partial charge in [-0.3, -0.25) is 0 Å². The Labute approximate surface area is 116 Å². The minimum Gasteiger partial charge on any atom is -0.466 e. The summed E-state index contributed by atoms with van der Waals surface area (Å²) in [6.45, 7) is 11.0. The maximum atomic E-state index is 10.6. The lowest BCUT2D eigenvalue weighted by atomic mass is 9.95. The summed E-state index contributed by atoms with van der Waals surface area (Å²) in [6.07, 6.45) is 0. The summed E-state index contributed by atoms with van der Waals surface area (Å²) in [5.41, 5.74) is -0.0969. The quantitative estimate of drug-likeness (QED) is 0.798. The topological polar surface area (TPSA) is 54.6 Å². The van der Waals surface area contributed by atoms with Crippen molar-refractivity contribution in [2.45, 2.75) is 46.3 Å². The number of nitrogens with one attached hydrogen (secondary N) is 1. The van der Waals surface area contributed by atoms with Gasteiger partial charge in [0.25, 0.3) is 0 Å². The van der Waals surface area contributed by atoms with Gasteiger partial charge in [-0.15, -0.1) is 0 Å². The maximum Gasteiger partial charge on any atom is 0.107 e. The zero-order valence-electron chi connectivity index (χ0n) is 12.9. The second-order valence-corrected chi connectivity index (χ2v) is 5.79. The molecule has 1 rings (SSSR count). The van der Waals surface area contributed by atoms with Crippen LogP contribution in [0.5, 0.6) is 0 Å². The van der Waals surface area contributed by atoms with E-state index in [2.05, 4.69) is 19.2 Å². The molecule has 19 heavy (non-hydrogen) atoms. The largest absolute Gasteiger partial charge is 0.466 e. The number of aliphatic hydroxyl groups is 1. The van der Waals surface area contributed by atoms with E-state index in [1.54, 1.807) is 7.11 Å². The third-order valence-corrected chi connectivity index (χ3v) is 3.48. The number of hydrogen-bond acceptors (Lipinski definition) is 4. The van der Waals surface area contributed by atoms with E-state index < -0.39 is 5.60 Å². The van der Waals surface area contributed by atoms with Crippen molar-refractivity contribution in [1.82, 2.24) is 5.32 Å². The number of aryl methyl sites for hydroxylation is 2. The lowest BCUT2D eigenvalue weighted by Gasteiger charge is -2.28. The Bertz CT molecular complexity index is 396. The first kappa shape index (κ1) is 16.2. The molecule has 0 bridgehead atoms. The van der Waals surface area contributed by atoms with Crippen LogP contribution in [-0.4, -0.2) is 31.4 Å². The van der Waals surface area contributed by atoms with E-state index in [-0.39, 0.29) is 6.04 Å².